The summed E-state index contributed by atoms with van der Waals surface area (Å²) in [5, 5.41) is 8.63. The van der Waals surface area contributed by atoms with Crippen LogP contribution in [0, 0.1) is 0 Å². The minimum absolute atomic E-state index is 0.0613. The van der Waals surface area contributed by atoms with Gasteiger partial charge in [-0.3, -0.25) is 14.4 Å². The van der Waals surface area contributed by atoms with E-state index in [1.807, 2.05) is 0 Å². The van der Waals surface area contributed by atoms with Crippen molar-refractivity contribution < 1.29 is 14.4 Å². The Hall–Kier alpha value is -1.59. The van der Waals surface area contributed by atoms with Gasteiger partial charge in [0, 0.05) is 25.9 Å². The van der Waals surface area contributed by atoms with Crippen molar-refractivity contribution in [2.75, 3.05) is 13.1 Å². The molecule has 6 nitrogen and oxygen atoms in total. The Morgan fingerprint density at radius 3 is 1.62 bits per heavy atom. The molecule has 0 aromatic rings. The molecule has 0 saturated heterocycles. The first-order valence-corrected chi connectivity index (χ1v) is 13.4. The van der Waals surface area contributed by atoms with Crippen LogP contribution in [0.25, 0.3) is 0 Å². The van der Waals surface area contributed by atoms with Crippen LogP contribution in [0.1, 0.15) is 130 Å². The van der Waals surface area contributed by atoms with Gasteiger partial charge in [0.1, 0.15) is 6.04 Å². The summed E-state index contributed by atoms with van der Waals surface area (Å²) in [5.74, 6) is -0.336. The van der Waals surface area contributed by atoms with Crippen molar-refractivity contribution in [3.8, 4) is 0 Å². The minimum atomic E-state index is -0.639. The van der Waals surface area contributed by atoms with Gasteiger partial charge in [0.2, 0.25) is 17.7 Å². The zero-order valence-corrected chi connectivity index (χ0v) is 21.2. The van der Waals surface area contributed by atoms with Crippen molar-refractivity contribution in [1.82, 2.24) is 16.0 Å². The van der Waals surface area contributed by atoms with Crippen molar-refractivity contribution in [2.45, 2.75) is 136 Å². The number of hydrogen-bond acceptors (Lipinski definition) is 3. The number of carbonyl (C=O) groups excluding carboxylic acids is 3. The summed E-state index contributed by atoms with van der Waals surface area (Å²) in [5.41, 5.74) is 0. The molecule has 0 aliphatic rings. The van der Waals surface area contributed by atoms with E-state index in [1.54, 1.807) is 0 Å². The Balaban J connectivity index is 4.18. The molecule has 3 amide bonds. The molecule has 0 saturated carbocycles. The summed E-state index contributed by atoms with van der Waals surface area (Å²) < 4.78 is 0. The second-order valence-corrected chi connectivity index (χ2v) is 8.94. The van der Waals surface area contributed by atoms with E-state index in [2.05, 4.69) is 36.7 Å². The lowest BCUT2D eigenvalue weighted by Crippen LogP contribution is -2.47. The van der Waals surface area contributed by atoms with E-state index in [-0.39, 0.29) is 24.1 Å². The standard InChI is InChI=1S/C26H51N3O3/c1-4-7-10-11-12-13-14-15-16-17-18-25(31)29-23(26(32)28-22-9-6-3)19-20-24(30)27-21-8-5-2/h23H,4-22H2,1-3H3,(H,27,30)(H,28,32)(H,29,31). The number of rotatable bonds is 22. The molecule has 0 rings (SSSR count). The lowest BCUT2D eigenvalue weighted by molar-refractivity contribution is -0.129. The fourth-order valence-electron chi connectivity index (χ4n) is 3.59. The van der Waals surface area contributed by atoms with Crippen LogP contribution in [-0.2, 0) is 14.4 Å². The van der Waals surface area contributed by atoms with E-state index < -0.39 is 6.04 Å². The van der Waals surface area contributed by atoms with Gasteiger partial charge in [0.25, 0.3) is 0 Å². The van der Waals surface area contributed by atoms with Crippen molar-refractivity contribution in [1.29, 1.82) is 0 Å². The van der Waals surface area contributed by atoms with Gasteiger partial charge in [-0.25, -0.2) is 0 Å². The van der Waals surface area contributed by atoms with E-state index in [1.165, 1.54) is 51.4 Å². The molecule has 188 valence electrons. The Morgan fingerprint density at radius 1 is 0.562 bits per heavy atom. The van der Waals surface area contributed by atoms with Crippen LogP contribution in [0.5, 0.6) is 0 Å². The summed E-state index contributed by atoms with van der Waals surface area (Å²) in [6, 6.07) is -0.639. The lowest BCUT2D eigenvalue weighted by Gasteiger charge is -2.18. The topological polar surface area (TPSA) is 87.3 Å². The maximum absolute atomic E-state index is 12.5. The highest BCUT2D eigenvalue weighted by molar-refractivity contribution is 5.88. The normalized spacial score (nSPS) is 11.7. The third kappa shape index (κ3) is 19.1. The summed E-state index contributed by atoms with van der Waals surface area (Å²) in [6.07, 6.45) is 17.1. The zero-order chi connectivity index (χ0) is 23.9. The zero-order valence-electron chi connectivity index (χ0n) is 21.2. The van der Waals surface area contributed by atoms with Crippen LogP contribution in [-0.4, -0.2) is 36.9 Å². The molecule has 6 heteroatoms. The highest BCUT2D eigenvalue weighted by Gasteiger charge is 2.21. The maximum atomic E-state index is 12.5. The summed E-state index contributed by atoms with van der Waals surface area (Å²) in [4.78, 5) is 36.9. The maximum Gasteiger partial charge on any atom is 0.242 e. The van der Waals surface area contributed by atoms with Crippen LogP contribution in [0.15, 0.2) is 0 Å². The quantitative estimate of drug-likeness (QED) is 0.192. The average Bonchev–Trinajstić information content (AvgIpc) is 2.78. The molecule has 0 aromatic heterocycles. The first kappa shape index (κ1) is 30.4. The van der Waals surface area contributed by atoms with Crippen LogP contribution >= 0.6 is 0 Å². The van der Waals surface area contributed by atoms with Crippen molar-refractivity contribution in [3.05, 3.63) is 0 Å². The predicted octanol–water partition coefficient (Wildman–Crippen LogP) is 5.40. The molecule has 0 aliphatic carbocycles. The van der Waals surface area contributed by atoms with Crippen molar-refractivity contribution >= 4 is 17.7 Å². The number of amides is 3. The summed E-state index contributed by atoms with van der Waals surface area (Å²) >= 11 is 0. The molecule has 0 radical (unpaired) electrons. The third-order valence-corrected chi connectivity index (χ3v) is 5.75. The molecular formula is C26H51N3O3. The van der Waals surface area contributed by atoms with Crippen molar-refractivity contribution in [3.63, 3.8) is 0 Å². The van der Waals surface area contributed by atoms with E-state index in [4.69, 9.17) is 0 Å². The van der Waals surface area contributed by atoms with Gasteiger partial charge in [-0.05, 0) is 25.7 Å². The molecule has 1 atom stereocenters. The summed E-state index contributed by atoms with van der Waals surface area (Å²) in [7, 11) is 0. The first-order chi connectivity index (χ1) is 15.5. The molecule has 0 aliphatic heterocycles. The average molecular weight is 454 g/mol. The molecule has 0 bridgehead atoms. The smallest absolute Gasteiger partial charge is 0.242 e. The highest BCUT2D eigenvalue weighted by atomic mass is 16.2. The van der Waals surface area contributed by atoms with E-state index in [9.17, 15) is 14.4 Å². The highest BCUT2D eigenvalue weighted by Crippen LogP contribution is 2.11. The monoisotopic (exact) mass is 453 g/mol. The lowest BCUT2D eigenvalue weighted by atomic mass is 10.1. The van der Waals surface area contributed by atoms with Crippen LogP contribution in [0.2, 0.25) is 0 Å². The Bertz CT molecular complexity index is 483. The Morgan fingerprint density at radius 2 is 1.06 bits per heavy atom. The fourth-order valence-corrected chi connectivity index (χ4v) is 3.59. The number of carbonyl (C=O) groups is 3. The second kappa shape index (κ2) is 22.6. The van der Waals surface area contributed by atoms with Crippen LogP contribution in [0.4, 0.5) is 0 Å². The molecule has 1 unspecified atom stereocenters. The van der Waals surface area contributed by atoms with Crippen LogP contribution in [0.3, 0.4) is 0 Å². The Labute approximate surface area is 197 Å². The van der Waals surface area contributed by atoms with E-state index >= 15 is 0 Å². The van der Waals surface area contributed by atoms with Gasteiger partial charge in [-0.15, -0.1) is 0 Å². The van der Waals surface area contributed by atoms with Crippen molar-refractivity contribution in [2.24, 2.45) is 0 Å². The fraction of sp³-hybridized carbons (Fsp3) is 0.885. The number of nitrogens with one attached hydrogen (secondary N) is 3. The van der Waals surface area contributed by atoms with Gasteiger partial charge in [0.05, 0.1) is 0 Å². The molecular weight excluding hydrogens is 402 g/mol. The molecule has 3 N–H and O–H groups in total. The van der Waals surface area contributed by atoms with E-state index in [0.29, 0.717) is 25.9 Å². The molecule has 0 aromatic carbocycles. The van der Waals surface area contributed by atoms with Gasteiger partial charge in [-0.1, -0.05) is 91.4 Å². The SMILES string of the molecule is CCCCCCCCCCCCC(=O)NC(CCC(=O)NCCCC)C(=O)NCCCC. The Kier molecular flexibility index (Phi) is 21.5. The first-order valence-electron chi connectivity index (χ1n) is 13.4. The van der Waals surface area contributed by atoms with Gasteiger partial charge in [0.15, 0.2) is 0 Å². The van der Waals surface area contributed by atoms with Crippen LogP contribution < -0.4 is 16.0 Å². The molecule has 0 fully saturated rings. The largest absolute Gasteiger partial charge is 0.356 e. The molecule has 0 heterocycles. The third-order valence-electron chi connectivity index (χ3n) is 5.75. The minimum Gasteiger partial charge on any atom is -0.356 e. The van der Waals surface area contributed by atoms with Gasteiger partial charge < -0.3 is 16.0 Å². The predicted molar refractivity (Wildman–Crippen MR) is 133 cm³/mol. The molecule has 32 heavy (non-hydrogen) atoms. The van der Waals surface area contributed by atoms with E-state index in [0.717, 1.165) is 38.5 Å². The number of unbranched alkanes of at least 4 members (excludes halogenated alkanes) is 11. The van der Waals surface area contributed by atoms with Gasteiger partial charge >= 0.3 is 0 Å². The second-order valence-electron chi connectivity index (χ2n) is 8.94. The summed E-state index contributed by atoms with van der Waals surface area (Å²) in [6.45, 7) is 7.64. The van der Waals surface area contributed by atoms with Gasteiger partial charge in [-0.2, -0.15) is 0 Å². The molecule has 0 spiro atoms. The number of hydrogen-bond donors (Lipinski definition) is 3.